The zero-order valence-electron chi connectivity index (χ0n) is 16.2. The number of fused-ring (bicyclic) bond motifs is 1. The summed E-state index contributed by atoms with van der Waals surface area (Å²) >= 11 is 1.32. The van der Waals surface area contributed by atoms with E-state index < -0.39 is 0 Å². The second-order valence-electron chi connectivity index (χ2n) is 6.93. The van der Waals surface area contributed by atoms with Gasteiger partial charge in [-0.2, -0.15) is 5.10 Å². The molecule has 30 heavy (non-hydrogen) atoms. The largest absolute Gasteiger partial charge is 0.463 e. The molecule has 150 valence electrons. The fraction of sp³-hybridized carbons (Fsp3) is 0.143. The maximum Gasteiger partial charge on any atom is 0.259 e. The summed E-state index contributed by atoms with van der Waals surface area (Å²) in [6.07, 6.45) is 6.44. The van der Waals surface area contributed by atoms with Crippen molar-refractivity contribution in [3.8, 4) is 22.1 Å². The van der Waals surface area contributed by atoms with Gasteiger partial charge in [0, 0.05) is 17.6 Å². The van der Waals surface area contributed by atoms with Crippen LogP contribution in [0.15, 0.2) is 64.1 Å². The number of anilines is 1. The van der Waals surface area contributed by atoms with Gasteiger partial charge in [-0.1, -0.05) is 11.3 Å². The molecule has 0 aromatic carbocycles. The molecule has 0 fully saturated rings. The van der Waals surface area contributed by atoms with E-state index in [0.717, 1.165) is 15.9 Å². The normalized spacial score (nSPS) is 11.4. The number of thiazole rings is 1. The highest BCUT2D eigenvalue weighted by Gasteiger charge is 2.20. The van der Waals surface area contributed by atoms with Crippen molar-refractivity contribution in [2.24, 2.45) is 0 Å². The molecule has 0 bridgehead atoms. The maximum absolute atomic E-state index is 12.8. The summed E-state index contributed by atoms with van der Waals surface area (Å²) in [5, 5.41) is 8.45. The number of hydrogen-bond donors (Lipinski definition) is 1. The molecule has 5 heterocycles. The van der Waals surface area contributed by atoms with Crippen molar-refractivity contribution in [3.05, 3.63) is 60.8 Å². The Bertz CT molecular complexity index is 1260. The van der Waals surface area contributed by atoms with Gasteiger partial charge >= 0.3 is 0 Å². The molecule has 0 spiro atoms. The number of hydrogen-bond acceptors (Lipinski definition) is 7. The fourth-order valence-corrected chi connectivity index (χ4v) is 4.07. The van der Waals surface area contributed by atoms with Gasteiger partial charge in [-0.25, -0.2) is 14.6 Å². The van der Waals surface area contributed by atoms with E-state index in [1.807, 2.05) is 30.7 Å². The zero-order chi connectivity index (χ0) is 20.7. The van der Waals surface area contributed by atoms with Crippen LogP contribution in [0.5, 0.6) is 0 Å². The quantitative estimate of drug-likeness (QED) is 0.418. The van der Waals surface area contributed by atoms with Crippen LogP contribution < -0.4 is 5.32 Å². The Balaban J connectivity index is 1.46. The molecule has 0 aliphatic carbocycles. The van der Waals surface area contributed by atoms with Gasteiger partial charge in [0.1, 0.15) is 16.3 Å². The van der Waals surface area contributed by atoms with E-state index in [1.54, 1.807) is 43.1 Å². The molecule has 5 aromatic heterocycles. The highest BCUT2D eigenvalue weighted by Crippen LogP contribution is 2.39. The average Bonchev–Trinajstić information content (AvgIpc) is 3.53. The molecule has 0 radical (unpaired) electrons. The van der Waals surface area contributed by atoms with Crippen molar-refractivity contribution in [2.45, 2.75) is 19.9 Å². The van der Waals surface area contributed by atoms with Crippen LogP contribution in [0, 0.1) is 0 Å². The molecular formula is C21H17N5O3S. The third-order valence-electron chi connectivity index (χ3n) is 4.53. The molecule has 1 amide bonds. The van der Waals surface area contributed by atoms with Crippen LogP contribution in [0.3, 0.4) is 0 Å². The minimum absolute atomic E-state index is 0.185. The van der Waals surface area contributed by atoms with Crippen LogP contribution in [0.25, 0.3) is 33.1 Å². The number of amides is 1. The van der Waals surface area contributed by atoms with Crippen LogP contribution in [-0.2, 0) is 0 Å². The van der Waals surface area contributed by atoms with Gasteiger partial charge in [0.25, 0.3) is 5.91 Å². The Hall–Kier alpha value is -3.72. The standard InChI is InChI=1S/C21H17N5O3S/c1-12(2)26-19-13(11-23-26)9-14(10-22-19)20(27)25-21-24-17(15-5-3-7-28-15)18(30-21)16-6-4-8-29-16/h3-12H,1-2H3,(H,24,25,27). The molecular weight excluding hydrogens is 402 g/mol. The number of nitrogens with zero attached hydrogens (tertiary/aromatic N) is 4. The van der Waals surface area contributed by atoms with Crippen molar-refractivity contribution in [3.63, 3.8) is 0 Å². The van der Waals surface area contributed by atoms with E-state index in [4.69, 9.17) is 8.83 Å². The van der Waals surface area contributed by atoms with Crippen molar-refractivity contribution >= 4 is 33.4 Å². The topological polar surface area (TPSA) is 99.0 Å². The van der Waals surface area contributed by atoms with Crippen LogP contribution in [0.1, 0.15) is 30.2 Å². The molecule has 0 saturated heterocycles. The van der Waals surface area contributed by atoms with E-state index in [9.17, 15) is 4.79 Å². The molecule has 5 aromatic rings. The predicted octanol–water partition coefficient (Wildman–Crippen LogP) is 5.24. The summed E-state index contributed by atoms with van der Waals surface area (Å²) in [5.41, 5.74) is 1.79. The lowest BCUT2D eigenvalue weighted by atomic mass is 10.2. The van der Waals surface area contributed by atoms with Crippen LogP contribution >= 0.6 is 11.3 Å². The first kappa shape index (κ1) is 18.3. The minimum atomic E-state index is -0.299. The maximum atomic E-state index is 12.8. The lowest BCUT2D eigenvalue weighted by molar-refractivity contribution is 0.102. The van der Waals surface area contributed by atoms with Gasteiger partial charge in [0.05, 0.1) is 24.3 Å². The monoisotopic (exact) mass is 419 g/mol. The summed E-state index contributed by atoms with van der Waals surface area (Å²) < 4.78 is 12.9. The zero-order valence-corrected chi connectivity index (χ0v) is 17.0. The molecule has 5 rings (SSSR count). The van der Waals surface area contributed by atoms with Crippen molar-refractivity contribution in [1.82, 2.24) is 19.7 Å². The SMILES string of the molecule is CC(C)n1ncc2cc(C(=O)Nc3nc(-c4ccco4)c(-c4ccco4)s3)cnc21. The van der Waals surface area contributed by atoms with Gasteiger partial charge in [0.15, 0.2) is 16.5 Å². The third kappa shape index (κ3) is 3.18. The number of aromatic nitrogens is 4. The van der Waals surface area contributed by atoms with Crippen molar-refractivity contribution in [1.29, 1.82) is 0 Å². The van der Waals surface area contributed by atoms with E-state index in [1.165, 1.54) is 11.3 Å². The van der Waals surface area contributed by atoms with Gasteiger partial charge in [-0.15, -0.1) is 0 Å². The summed E-state index contributed by atoms with van der Waals surface area (Å²) in [6.45, 7) is 4.06. The Morgan fingerprint density at radius 1 is 1.13 bits per heavy atom. The second-order valence-corrected chi connectivity index (χ2v) is 7.92. The number of carbonyl (C=O) groups is 1. The fourth-order valence-electron chi connectivity index (χ4n) is 3.14. The summed E-state index contributed by atoms with van der Waals surface area (Å²) in [7, 11) is 0. The highest BCUT2D eigenvalue weighted by molar-refractivity contribution is 7.19. The molecule has 8 nitrogen and oxygen atoms in total. The minimum Gasteiger partial charge on any atom is -0.463 e. The van der Waals surface area contributed by atoms with E-state index in [0.29, 0.717) is 27.9 Å². The first-order chi connectivity index (χ1) is 14.6. The van der Waals surface area contributed by atoms with Gasteiger partial charge in [-0.3, -0.25) is 10.1 Å². The Kier molecular flexibility index (Phi) is 4.44. The van der Waals surface area contributed by atoms with Gasteiger partial charge in [-0.05, 0) is 44.2 Å². The van der Waals surface area contributed by atoms with Crippen LogP contribution in [0.2, 0.25) is 0 Å². The number of rotatable bonds is 5. The van der Waals surface area contributed by atoms with E-state index >= 15 is 0 Å². The molecule has 0 saturated carbocycles. The highest BCUT2D eigenvalue weighted by atomic mass is 32.1. The summed E-state index contributed by atoms with van der Waals surface area (Å²) in [6, 6.07) is 9.21. The van der Waals surface area contributed by atoms with E-state index in [2.05, 4.69) is 20.4 Å². The summed E-state index contributed by atoms with van der Waals surface area (Å²) in [5.74, 6) is 0.957. The number of furan rings is 2. The van der Waals surface area contributed by atoms with Crippen LogP contribution in [-0.4, -0.2) is 25.7 Å². The Labute approximate surface area is 175 Å². The third-order valence-corrected chi connectivity index (χ3v) is 5.52. The summed E-state index contributed by atoms with van der Waals surface area (Å²) in [4.78, 5) is 22.6. The molecule has 0 aliphatic rings. The molecule has 1 N–H and O–H groups in total. The number of pyridine rings is 1. The molecule has 0 aliphatic heterocycles. The lowest BCUT2D eigenvalue weighted by Crippen LogP contribution is -2.12. The van der Waals surface area contributed by atoms with Gasteiger partial charge < -0.3 is 8.83 Å². The first-order valence-electron chi connectivity index (χ1n) is 9.33. The lowest BCUT2D eigenvalue weighted by Gasteiger charge is -2.06. The molecule has 0 atom stereocenters. The number of nitrogens with one attached hydrogen (secondary N) is 1. The van der Waals surface area contributed by atoms with Crippen molar-refractivity contribution in [2.75, 3.05) is 5.32 Å². The second kappa shape index (κ2) is 7.27. The van der Waals surface area contributed by atoms with Gasteiger partial charge in [0.2, 0.25) is 0 Å². The average molecular weight is 419 g/mol. The predicted molar refractivity (Wildman–Crippen MR) is 113 cm³/mol. The van der Waals surface area contributed by atoms with Crippen molar-refractivity contribution < 1.29 is 13.6 Å². The molecule has 0 unspecified atom stereocenters. The van der Waals surface area contributed by atoms with Crippen LogP contribution in [0.4, 0.5) is 5.13 Å². The Morgan fingerprint density at radius 2 is 1.90 bits per heavy atom. The number of carbonyl (C=O) groups excluding carboxylic acids is 1. The first-order valence-corrected chi connectivity index (χ1v) is 10.1. The Morgan fingerprint density at radius 3 is 2.60 bits per heavy atom. The van der Waals surface area contributed by atoms with E-state index in [-0.39, 0.29) is 11.9 Å². The molecule has 9 heteroatoms. The smallest absolute Gasteiger partial charge is 0.259 e.